The predicted molar refractivity (Wildman–Crippen MR) is 73.4 cm³/mol. The van der Waals surface area contributed by atoms with Gasteiger partial charge in [0.05, 0.1) is 0 Å². The second-order valence-electron chi connectivity index (χ2n) is 3.95. The van der Waals surface area contributed by atoms with Crippen molar-refractivity contribution in [1.29, 1.82) is 0 Å². The Morgan fingerprint density at radius 3 is 0.818 bits per heavy atom. The van der Waals surface area contributed by atoms with Crippen LogP contribution < -0.4 is 0 Å². The third-order valence-corrected chi connectivity index (χ3v) is 79.6. The summed E-state index contributed by atoms with van der Waals surface area (Å²) in [5.74, 6) is 0. The van der Waals surface area contributed by atoms with Gasteiger partial charge in [-0.05, 0) is 0 Å². The molecule has 0 unspecified atom stereocenters. The van der Waals surface area contributed by atoms with E-state index in [0.717, 1.165) is 0 Å². The van der Waals surface area contributed by atoms with E-state index in [1.807, 2.05) is 0 Å². The summed E-state index contributed by atoms with van der Waals surface area (Å²) in [6.07, 6.45) is -2.27. The van der Waals surface area contributed by atoms with E-state index in [1.165, 1.54) is 0 Å². The van der Waals surface area contributed by atoms with E-state index in [0.29, 0.717) is 0 Å². The zero-order valence-corrected chi connectivity index (χ0v) is 15.4. The first kappa shape index (κ1) is 13.1. The molecular formula is C5H15Br3Si3. The van der Waals surface area contributed by atoms with Gasteiger partial charge in [-0.2, -0.15) is 0 Å². The average molecular weight is 399 g/mol. The van der Waals surface area contributed by atoms with Gasteiger partial charge < -0.3 is 0 Å². The molecule has 0 nitrogen and oxygen atoms in total. The van der Waals surface area contributed by atoms with Gasteiger partial charge in [0.25, 0.3) is 0 Å². The fourth-order valence-electron chi connectivity index (χ4n) is 0.707. The Morgan fingerprint density at radius 2 is 0.818 bits per heavy atom. The van der Waals surface area contributed by atoms with Crippen molar-refractivity contribution >= 4 is 64.0 Å². The largest absolute Gasteiger partial charge is 0.137 e. The molecule has 0 bridgehead atoms. The van der Waals surface area contributed by atoms with Crippen LogP contribution in [0.5, 0.6) is 0 Å². The molecule has 0 fully saturated rings. The van der Waals surface area contributed by atoms with Gasteiger partial charge in [0.15, 0.2) is 0 Å². The van der Waals surface area contributed by atoms with E-state index >= 15 is 0 Å². The molecular weight excluding hydrogens is 384 g/mol. The van der Waals surface area contributed by atoms with Crippen molar-refractivity contribution in [3.63, 3.8) is 0 Å². The molecule has 11 heavy (non-hydrogen) atoms. The Morgan fingerprint density at radius 1 is 0.636 bits per heavy atom. The molecule has 0 aromatic heterocycles. The van der Waals surface area contributed by atoms with Gasteiger partial charge in [0.1, 0.15) is 18.1 Å². The summed E-state index contributed by atoms with van der Waals surface area (Å²) in [5.41, 5.74) is -1.18. The van der Waals surface area contributed by atoms with Gasteiger partial charge in [0, 0.05) is 0 Å². The Kier molecular flexibility index (Phi) is 4.38. The van der Waals surface area contributed by atoms with E-state index in [1.54, 1.807) is 0 Å². The second kappa shape index (κ2) is 3.68. The molecule has 0 rings (SSSR count). The number of hydrogen-bond acceptors (Lipinski definition) is 0. The summed E-state index contributed by atoms with van der Waals surface area (Å²) in [6, 6.07) is 0. The average Bonchev–Trinajstić information content (AvgIpc) is 1.58. The standard InChI is InChI=1S/C5H15Br3Si3/c1-9(2,6)11(5,8)10(3,4)7/h1-5H3. The molecule has 0 amide bonds. The highest BCUT2D eigenvalue weighted by molar-refractivity contribution is 9.42. The molecule has 0 radical (unpaired) electrons. The maximum absolute atomic E-state index is 3.99. The lowest BCUT2D eigenvalue weighted by atomic mass is 11.9. The maximum atomic E-state index is 3.99. The Bertz CT molecular complexity index is 128. The van der Waals surface area contributed by atoms with Gasteiger partial charge in [-0.25, -0.2) is 0 Å². The molecule has 0 aromatic carbocycles. The molecule has 0 atom stereocenters. The van der Waals surface area contributed by atoms with Crippen molar-refractivity contribution in [2.75, 3.05) is 0 Å². The summed E-state index contributed by atoms with van der Waals surface area (Å²) in [6.45, 7) is 12.0. The van der Waals surface area contributed by atoms with Crippen molar-refractivity contribution in [2.45, 2.75) is 32.7 Å². The van der Waals surface area contributed by atoms with Crippen LogP contribution in [0.1, 0.15) is 0 Å². The highest BCUT2D eigenvalue weighted by Gasteiger charge is 2.52. The molecule has 0 N–H and O–H groups in total. The maximum Gasteiger partial charge on any atom is 0.137 e. The van der Waals surface area contributed by atoms with Gasteiger partial charge in [-0.1, -0.05) is 32.7 Å². The van der Waals surface area contributed by atoms with Crippen LogP contribution in [0.15, 0.2) is 0 Å². The van der Waals surface area contributed by atoms with Crippen molar-refractivity contribution in [3.8, 4) is 0 Å². The first-order valence-corrected chi connectivity index (χ1v) is 20.8. The molecule has 68 valence electrons. The van der Waals surface area contributed by atoms with Crippen molar-refractivity contribution in [2.24, 2.45) is 0 Å². The van der Waals surface area contributed by atoms with Crippen molar-refractivity contribution < 1.29 is 0 Å². The third kappa shape index (κ3) is 3.05. The van der Waals surface area contributed by atoms with Crippen LogP contribution >= 0.6 is 45.9 Å². The summed E-state index contributed by atoms with van der Waals surface area (Å²) in [4.78, 5) is 0. The molecule has 0 saturated heterocycles. The third-order valence-electron chi connectivity index (χ3n) is 2.23. The molecule has 0 aliphatic heterocycles. The second-order valence-corrected chi connectivity index (χ2v) is 52.3. The highest BCUT2D eigenvalue weighted by atomic mass is 79.9. The minimum absolute atomic E-state index is 1.14. The van der Waals surface area contributed by atoms with Crippen LogP contribution in [-0.4, -0.2) is 18.1 Å². The minimum Gasteiger partial charge on any atom is -0.131 e. The smallest absolute Gasteiger partial charge is 0.131 e. The van der Waals surface area contributed by atoms with Gasteiger partial charge in [0.2, 0.25) is 0 Å². The quantitative estimate of drug-likeness (QED) is 0.480. The normalized spacial score (nSPS) is 15.3. The number of hydrogen-bond donors (Lipinski definition) is 0. The van der Waals surface area contributed by atoms with E-state index in [2.05, 4.69) is 78.6 Å². The Labute approximate surface area is 95.9 Å². The lowest BCUT2D eigenvalue weighted by molar-refractivity contribution is 1.97. The highest BCUT2D eigenvalue weighted by Crippen LogP contribution is 2.40. The topological polar surface area (TPSA) is 0 Å². The summed E-state index contributed by atoms with van der Waals surface area (Å²) < 4.78 is 0. The predicted octanol–water partition coefficient (Wildman–Crippen LogP) is 4.31. The molecule has 0 spiro atoms. The lowest BCUT2D eigenvalue weighted by Crippen LogP contribution is -2.62. The van der Waals surface area contributed by atoms with Gasteiger partial charge in [-0.3, -0.25) is 0 Å². The first-order valence-electron chi connectivity index (χ1n) is 3.57. The molecule has 6 heteroatoms. The van der Waals surface area contributed by atoms with Crippen LogP contribution in [0, 0.1) is 0 Å². The molecule has 0 saturated carbocycles. The van der Waals surface area contributed by atoms with E-state index in [9.17, 15) is 0 Å². The van der Waals surface area contributed by atoms with Gasteiger partial charge >= 0.3 is 0 Å². The fourth-order valence-corrected chi connectivity index (χ4v) is 53.0. The molecule has 0 heterocycles. The zero-order valence-electron chi connectivity index (χ0n) is 7.63. The van der Waals surface area contributed by atoms with Crippen molar-refractivity contribution in [1.82, 2.24) is 0 Å². The van der Waals surface area contributed by atoms with Crippen molar-refractivity contribution in [3.05, 3.63) is 0 Å². The summed E-state index contributed by atoms with van der Waals surface area (Å²) in [5, 5.41) is 0. The molecule has 0 aromatic rings. The van der Waals surface area contributed by atoms with Crippen LogP contribution in [0.25, 0.3) is 0 Å². The van der Waals surface area contributed by atoms with E-state index < -0.39 is 18.1 Å². The van der Waals surface area contributed by atoms with Crippen LogP contribution in [0.3, 0.4) is 0 Å². The van der Waals surface area contributed by atoms with E-state index in [-0.39, 0.29) is 0 Å². The van der Waals surface area contributed by atoms with Crippen LogP contribution in [-0.2, 0) is 0 Å². The fraction of sp³-hybridized carbons (Fsp3) is 1.00. The number of rotatable bonds is 2. The van der Waals surface area contributed by atoms with Gasteiger partial charge in [-0.15, -0.1) is 45.9 Å². The van der Waals surface area contributed by atoms with Crippen LogP contribution in [0.2, 0.25) is 32.7 Å². The summed E-state index contributed by atoms with van der Waals surface area (Å²) >= 11 is 11.8. The Balaban J connectivity index is 4.75. The minimum atomic E-state index is -1.18. The molecule has 0 aliphatic carbocycles. The van der Waals surface area contributed by atoms with E-state index in [4.69, 9.17) is 0 Å². The monoisotopic (exact) mass is 396 g/mol. The lowest BCUT2D eigenvalue weighted by Gasteiger charge is -2.39. The first-order chi connectivity index (χ1) is 4.50. The Hall–Kier alpha value is 2.09. The zero-order chi connectivity index (χ0) is 9.50. The number of halogens is 3. The van der Waals surface area contributed by atoms with Crippen LogP contribution in [0.4, 0.5) is 0 Å². The molecule has 0 aliphatic rings. The SMILES string of the molecule is C[Si](C)(Br)[Si](C)(Br)[Si](C)(C)Br. The summed E-state index contributed by atoms with van der Waals surface area (Å²) in [7, 11) is 0.